The van der Waals surface area contributed by atoms with Crippen LogP contribution in [0.4, 0.5) is 0 Å². The highest BCUT2D eigenvalue weighted by Crippen LogP contribution is 2.14. The summed E-state index contributed by atoms with van der Waals surface area (Å²) in [4.78, 5) is 0. The van der Waals surface area contributed by atoms with Crippen molar-refractivity contribution in [1.82, 2.24) is 5.32 Å². The molecule has 0 saturated carbocycles. The Morgan fingerprint density at radius 3 is 2.50 bits per heavy atom. The molecule has 1 unspecified atom stereocenters. The summed E-state index contributed by atoms with van der Waals surface area (Å²) in [6.07, 6.45) is 6.23. The van der Waals surface area contributed by atoms with E-state index in [0.717, 1.165) is 6.42 Å². The highest BCUT2D eigenvalue weighted by Gasteiger charge is 2.21. The van der Waals surface area contributed by atoms with Crippen molar-refractivity contribution in [1.29, 1.82) is 0 Å². The molecule has 3 N–H and O–H groups in total. The molecule has 0 aliphatic rings. The molecule has 2 heteroatoms. The van der Waals surface area contributed by atoms with Gasteiger partial charge in [-0.1, -0.05) is 19.8 Å². The van der Waals surface area contributed by atoms with Crippen LogP contribution in [0.3, 0.4) is 0 Å². The SMILES string of the molecule is C#CCNC(C)(CN)CC(C)C. The molecule has 0 aromatic rings. The summed E-state index contributed by atoms with van der Waals surface area (Å²) < 4.78 is 0. The molecule has 0 bridgehead atoms. The second-order valence-electron chi connectivity index (χ2n) is 3.92. The van der Waals surface area contributed by atoms with Gasteiger partial charge in [0.25, 0.3) is 0 Å². The lowest BCUT2D eigenvalue weighted by Crippen LogP contribution is -2.49. The number of hydrogen-bond donors (Lipinski definition) is 2. The minimum atomic E-state index is 0.000532. The van der Waals surface area contributed by atoms with Crippen molar-refractivity contribution < 1.29 is 0 Å². The van der Waals surface area contributed by atoms with Crippen molar-refractivity contribution in [3.63, 3.8) is 0 Å². The monoisotopic (exact) mass is 168 g/mol. The van der Waals surface area contributed by atoms with Crippen molar-refractivity contribution >= 4 is 0 Å². The van der Waals surface area contributed by atoms with Gasteiger partial charge in [0.2, 0.25) is 0 Å². The molecule has 0 saturated heterocycles. The molecular formula is C10H20N2. The van der Waals surface area contributed by atoms with Crippen LogP contribution in [0, 0.1) is 18.3 Å². The van der Waals surface area contributed by atoms with Crippen LogP contribution in [0.5, 0.6) is 0 Å². The average Bonchev–Trinajstić information content (AvgIpc) is 2.00. The highest BCUT2D eigenvalue weighted by molar-refractivity contribution is 4.93. The van der Waals surface area contributed by atoms with Crippen molar-refractivity contribution in [2.45, 2.75) is 32.7 Å². The molecular weight excluding hydrogens is 148 g/mol. The Morgan fingerprint density at radius 1 is 1.58 bits per heavy atom. The molecule has 1 atom stereocenters. The molecule has 2 nitrogen and oxygen atoms in total. The summed E-state index contributed by atoms with van der Waals surface area (Å²) >= 11 is 0. The number of nitrogens with one attached hydrogen (secondary N) is 1. The van der Waals surface area contributed by atoms with Gasteiger partial charge in [0, 0.05) is 12.1 Å². The Labute approximate surface area is 75.9 Å². The van der Waals surface area contributed by atoms with Crippen LogP contribution in [-0.4, -0.2) is 18.6 Å². The number of nitrogens with two attached hydrogens (primary N) is 1. The second kappa shape index (κ2) is 5.18. The predicted molar refractivity (Wildman–Crippen MR) is 53.8 cm³/mol. The summed E-state index contributed by atoms with van der Waals surface area (Å²) in [5, 5.41) is 3.27. The first-order chi connectivity index (χ1) is 5.54. The molecule has 0 aromatic heterocycles. The zero-order valence-electron chi connectivity index (χ0n) is 8.35. The Kier molecular flexibility index (Phi) is 4.96. The van der Waals surface area contributed by atoms with Gasteiger partial charge < -0.3 is 5.73 Å². The van der Waals surface area contributed by atoms with Crippen molar-refractivity contribution in [2.24, 2.45) is 11.7 Å². The van der Waals surface area contributed by atoms with E-state index in [9.17, 15) is 0 Å². The van der Waals surface area contributed by atoms with Crippen molar-refractivity contribution in [3.8, 4) is 12.3 Å². The number of rotatable bonds is 5. The van der Waals surface area contributed by atoms with Gasteiger partial charge in [-0.05, 0) is 19.3 Å². The van der Waals surface area contributed by atoms with Crippen LogP contribution in [0.25, 0.3) is 0 Å². The maximum absolute atomic E-state index is 5.66. The minimum Gasteiger partial charge on any atom is -0.329 e. The lowest BCUT2D eigenvalue weighted by atomic mass is 9.91. The van der Waals surface area contributed by atoms with Gasteiger partial charge in [0.15, 0.2) is 0 Å². The van der Waals surface area contributed by atoms with Crippen LogP contribution < -0.4 is 11.1 Å². The van der Waals surface area contributed by atoms with E-state index in [1.165, 1.54) is 0 Å². The fraction of sp³-hybridized carbons (Fsp3) is 0.800. The normalized spacial score (nSPS) is 15.7. The summed E-state index contributed by atoms with van der Waals surface area (Å²) in [5.41, 5.74) is 5.67. The minimum absolute atomic E-state index is 0.000532. The van der Waals surface area contributed by atoms with Crippen molar-refractivity contribution in [2.75, 3.05) is 13.1 Å². The molecule has 0 aliphatic heterocycles. The van der Waals surface area contributed by atoms with E-state index in [0.29, 0.717) is 19.0 Å². The summed E-state index contributed by atoms with van der Waals surface area (Å²) in [6, 6.07) is 0. The van der Waals surface area contributed by atoms with E-state index in [1.807, 2.05) is 0 Å². The van der Waals surface area contributed by atoms with E-state index in [-0.39, 0.29) is 5.54 Å². The van der Waals surface area contributed by atoms with E-state index in [1.54, 1.807) is 0 Å². The van der Waals surface area contributed by atoms with E-state index in [4.69, 9.17) is 12.2 Å². The van der Waals surface area contributed by atoms with Crippen LogP contribution >= 0.6 is 0 Å². The quantitative estimate of drug-likeness (QED) is 0.600. The van der Waals surface area contributed by atoms with Gasteiger partial charge in [-0.15, -0.1) is 6.42 Å². The number of hydrogen-bond acceptors (Lipinski definition) is 2. The third-order valence-corrected chi connectivity index (χ3v) is 1.93. The first-order valence-corrected chi connectivity index (χ1v) is 4.42. The zero-order chi connectivity index (χ0) is 9.61. The third-order valence-electron chi connectivity index (χ3n) is 1.93. The Bertz CT molecular complexity index is 158. The first-order valence-electron chi connectivity index (χ1n) is 4.42. The van der Waals surface area contributed by atoms with E-state index >= 15 is 0 Å². The fourth-order valence-electron chi connectivity index (χ4n) is 1.39. The largest absolute Gasteiger partial charge is 0.329 e. The summed E-state index contributed by atoms with van der Waals surface area (Å²) in [7, 11) is 0. The average molecular weight is 168 g/mol. The maximum Gasteiger partial charge on any atom is 0.0578 e. The zero-order valence-corrected chi connectivity index (χ0v) is 8.35. The summed E-state index contributed by atoms with van der Waals surface area (Å²) in [5.74, 6) is 3.21. The van der Waals surface area contributed by atoms with E-state index < -0.39 is 0 Å². The summed E-state index contributed by atoms with van der Waals surface area (Å²) in [6.45, 7) is 7.72. The maximum atomic E-state index is 5.66. The third kappa shape index (κ3) is 4.38. The highest BCUT2D eigenvalue weighted by atomic mass is 15.0. The molecule has 0 aromatic carbocycles. The molecule has 0 amide bonds. The van der Waals surface area contributed by atoms with Crippen LogP contribution in [-0.2, 0) is 0 Å². The molecule has 0 heterocycles. The predicted octanol–water partition coefficient (Wildman–Crippen LogP) is 0.973. The van der Waals surface area contributed by atoms with Crippen LogP contribution in [0.1, 0.15) is 27.2 Å². The standard InChI is InChI=1S/C10H20N2/c1-5-6-12-10(4,8-11)7-9(2)3/h1,9,12H,6-8,11H2,2-4H3. The Morgan fingerprint density at radius 2 is 2.17 bits per heavy atom. The Balaban J connectivity index is 3.97. The molecule has 70 valence electrons. The van der Waals surface area contributed by atoms with Gasteiger partial charge >= 0.3 is 0 Å². The molecule has 0 radical (unpaired) electrons. The smallest absolute Gasteiger partial charge is 0.0578 e. The first kappa shape index (κ1) is 11.5. The van der Waals surface area contributed by atoms with Gasteiger partial charge in [-0.3, -0.25) is 5.32 Å². The molecule has 0 fully saturated rings. The molecule has 12 heavy (non-hydrogen) atoms. The lowest BCUT2D eigenvalue weighted by Gasteiger charge is -2.30. The van der Waals surface area contributed by atoms with Crippen LogP contribution in [0.2, 0.25) is 0 Å². The second-order valence-corrected chi connectivity index (χ2v) is 3.92. The van der Waals surface area contributed by atoms with Crippen molar-refractivity contribution in [3.05, 3.63) is 0 Å². The van der Waals surface area contributed by atoms with Gasteiger partial charge in [0.05, 0.1) is 6.54 Å². The van der Waals surface area contributed by atoms with Gasteiger partial charge in [-0.25, -0.2) is 0 Å². The Hall–Kier alpha value is -0.520. The molecule has 0 rings (SSSR count). The topological polar surface area (TPSA) is 38.0 Å². The fourth-order valence-corrected chi connectivity index (χ4v) is 1.39. The number of terminal acetylenes is 1. The van der Waals surface area contributed by atoms with Gasteiger partial charge in [-0.2, -0.15) is 0 Å². The van der Waals surface area contributed by atoms with Crippen LogP contribution in [0.15, 0.2) is 0 Å². The lowest BCUT2D eigenvalue weighted by molar-refractivity contribution is 0.312. The van der Waals surface area contributed by atoms with E-state index in [2.05, 4.69) is 32.0 Å². The molecule has 0 spiro atoms. The van der Waals surface area contributed by atoms with Gasteiger partial charge in [0.1, 0.15) is 0 Å². The molecule has 0 aliphatic carbocycles.